The minimum atomic E-state index is -3.69. The smallest absolute Gasteiger partial charge is 0.257 e. The third-order valence-electron chi connectivity index (χ3n) is 5.80. The van der Waals surface area contributed by atoms with Crippen molar-refractivity contribution in [2.75, 3.05) is 36.4 Å². The van der Waals surface area contributed by atoms with Crippen molar-refractivity contribution in [1.29, 1.82) is 0 Å². The number of sulfonamides is 1. The molecule has 1 amide bonds. The lowest BCUT2D eigenvalue weighted by Gasteiger charge is -2.33. The van der Waals surface area contributed by atoms with Gasteiger partial charge in [0.1, 0.15) is 0 Å². The summed E-state index contributed by atoms with van der Waals surface area (Å²) in [6.45, 7) is 8.22. The van der Waals surface area contributed by atoms with Crippen molar-refractivity contribution in [3.8, 4) is 0 Å². The zero-order valence-corrected chi connectivity index (χ0v) is 19.8. The Bertz CT molecular complexity index is 1030. The van der Waals surface area contributed by atoms with E-state index in [1.807, 2.05) is 0 Å². The number of benzene rings is 2. The molecule has 2 aromatic carbocycles. The molecule has 0 atom stereocenters. The summed E-state index contributed by atoms with van der Waals surface area (Å²) in [5, 5.41) is 3.27. The standard InChI is InChI=1S/C23H30ClN3O3S/c1-4-27(5-2)31(29,30)18-10-11-22(26-14-12-17(3)13-15-26)19(16-18)23(28)25-21-9-7-6-8-20(21)24/h6-11,16-17H,4-5,12-15H2,1-3H3,(H,25,28). The van der Waals surface area contributed by atoms with Crippen molar-refractivity contribution in [2.45, 2.75) is 38.5 Å². The fourth-order valence-electron chi connectivity index (χ4n) is 3.85. The van der Waals surface area contributed by atoms with Crippen molar-refractivity contribution >= 4 is 38.9 Å². The number of anilines is 2. The van der Waals surface area contributed by atoms with Gasteiger partial charge in [0, 0.05) is 31.9 Å². The lowest BCUT2D eigenvalue weighted by atomic mass is 9.98. The van der Waals surface area contributed by atoms with Gasteiger partial charge in [-0.05, 0) is 49.1 Å². The number of rotatable bonds is 7. The number of halogens is 1. The highest BCUT2D eigenvalue weighted by Gasteiger charge is 2.27. The summed E-state index contributed by atoms with van der Waals surface area (Å²) in [6.07, 6.45) is 2.07. The molecule has 0 unspecified atom stereocenters. The van der Waals surface area contributed by atoms with Crippen LogP contribution in [0.25, 0.3) is 0 Å². The van der Waals surface area contributed by atoms with E-state index in [0.717, 1.165) is 31.6 Å². The number of nitrogens with one attached hydrogen (secondary N) is 1. The Labute approximate surface area is 190 Å². The van der Waals surface area contributed by atoms with Crippen molar-refractivity contribution in [3.05, 3.63) is 53.1 Å². The first-order valence-electron chi connectivity index (χ1n) is 10.7. The molecule has 2 aromatic rings. The SMILES string of the molecule is CCN(CC)S(=O)(=O)c1ccc(N2CCC(C)CC2)c(C(=O)Nc2ccccc2Cl)c1. The van der Waals surface area contributed by atoms with Gasteiger partial charge >= 0.3 is 0 Å². The zero-order chi connectivity index (χ0) is 22.6. The fraction of sp³-hybridized carbons (Fsp3) is 0.435. The van der Waals surface area contributed by atoms with Gasteiger partial charge in [0.05, 0.1) is 21.2 Å². The number of piperidine rings is 1. The maximum Gasteiger partial charge on any atom is 0.257 e. The van der Waals surface area contributed by atoms with E-state index >= 15 is 0 Å². The lowest BCUT2D eigenvalue weighted by molar-refractivity contribution is 0.102. The van der Waals surface area contributed by atoms with E-state index in [1.165, 1.54) is 10.4 Å². The predicted molar refractivity (Wildman–Crippen MR) is 127 cm³/mol. The quantitative estimate of drug-likeness (QED) is 0.636. The molecule has 168 valence electrons. The minimum absolute atomic E-state index is 0.120. The van der Waals surface area contributed by atoms with Crippen LogP contribution in [0.2, 0.25) is 5.02 Å². The van der Waals surface area contributed by atoms with Gasteiger partial charge in [-0.3, -0.25) is 4.79 Å². The second-order valence-corrected chi connectivity index (χ2v) is 10.2. The van der Waals surface area contributed by atoms with Gasteiger partial charge in [0.25, 0.3) is 5.91 Å². The molecule has 0 aliphatic carbocycles. The molecule has 3 rings (SSSR count). The van der Waals surface area contributed by atoms with E-state index in [-0.39, 0.29) is 10.8 Å². The minimum Gasteiger partial charge on any atom is -0.371 e. The van der Waals surface area contributed by atoms with E-state index in [2.05, 4.69) is 17.1 Å². The first-order valence-corrected chi connectivity index (χ1v) is 12.5. The van der Waals surface area contributed by atoms with Gasteiger partial charge in [0.15, 0.2) is 0 Å². The number of para-hydroxylation sites is 1. The third-order valence-corrected chi connectivity index (χ3v) is 8.18. The topological polar surface area (TPSA) is 69.7 Å². The summed E-state index contributed by atoms with van der Waals surface area (Å²) in [5.74, 6) is 0.261. The van der Waals surface area contributed by atoms with Crippen LogP contribution in [-0.4, -0.2) is 44.8 Å². The molecule has 1 aliphatic heterocycles. The Morgan fingerprint density at radius 1 is 1.13 bits per heavy atom. The summed E-state index contributed by atoms with van der Waals surface area (Å²) in [6, 6.07) is 11.9. The normalized spacial score (nSPS) is 15.3. The number of carbonyl (C=O) groups is 1. The molecule has 0 aromatic heterocycles. The number of hydrogen-bond acceptors (Lipinski definition) is 4. The molecule has 6 nitrogen and oxygen atoms in total. The Kier molecular flexibility index (Phi) is 7.62. The van der Waals surface area contributed by atoms with Gasteiger partial charge in [0.2, 0.25) is 10.0 Å². The largest absolute Gasteiger partial charge is 0.371 e. The number of amides is 1. The summed E-state index contributed by atoms with van der Waals surface area (Å²) in [7, 11) is -3.69. The predicted octanol–water partition coefficient (Wildman–Crippen LogP) is 4.86. The van der Waals surface area contributed by atoms with Gasteiger partial charge < -0.3 is 10.2 Å². The molecular weight excluding hydrogens is 434 g/mol. The Morgan fingerprint density at radius 2 is 1.77 bits per heavy atom. The fourth-order valence-corrected chi connectivity index (χ4v) is 5.52. The van der Waals surface area contributed by atoms with Crippen LogP contribution in [0.15, 0.2) is 47.4 Å². The van der Waals surface area contributed by atoms with Crippen molar-refractivity contribution in [2.24, 2.45) is 5.92 Å². The van der Waals surface area contributed by atoms with Crippen LogP contribution in [0, 0.1) is 5.92 Å². The summed E-state index contributed by atoms with van der Waals surface area (Å²) in [4.78, 5) is 15.6. The lowest BCUT2D eigenvalue weighted by Crippen LogP contribution is -2.35. The van der Waals surface area contributed by atoms with E-state index in [1.54, 1.807) is 50.2 Å². The molecule has 8 heteroatoms. The van der Waals surface area contributed by atoms with Gasteiger partial charge in [-0.1, -0.05) is 44.5 Å². The van der Waals surface area contributed by atoms with Gasteiger partial charge in [-0.2, -0.15) is 4.31 Å². The Morgan fingerprint density at radius 3 is 2.39 bits per heavy atom. The summed E-state index contributed by atoms with van der Waals surface area (Å²) >= 11 is 6.22. The van der Waals surface area contributed by atoms with Crippen LogP contribution in [0.5, 0.6) is 0 Å². The molecule has 0 spiro atoms. The van der Waals surface area contributed by atoms with Crippen LogP contribution in [0.4, 0.5) is 11.4 Å². The first kappa shape index (κ1) is 23.6. The molecule has 1 N–H and O–H groups in total. The van der Waals surface area contributed by atoms with Crippen molar-refractivity contribution in [1.82, 2.24) is 4.31 Å². The molecule has 0 saturated carbocycles. The average molecular weight is 464 g/mol. The average Bonchev–Trinajstić information content (AvgIpc) is 2.76. The first-order chi connectivity index (χ1) is 14.8. The van der Waals surface area contributed by atoms with E-state index in [0.29, 0.717) is 35.3 Å². The maximum atomic E-state index is 13.3. The van der Waals surface area contributed by atoms with E-state index < -0.39 is 10.0 Å². The van der Waals surface area contributed by atoms with Crippen LogP contribution >= 0.6 is 11.6 Å². The highest BCUT2D eigenvalue weighted by atomic mass is 35.5. The van der Waals surface area contributed by atoms with E-state index in [4.69, 9.17) is 11.6 Å². The molecule has 31 heavy (non-hydrogen) atoms. The zero-order valence-electron chi connectivity index (χ0n) is 18.3. The second kappa shape index (κ2) is 10.0. The molecule has 0 radical (unpaired) electrons. The Balaban J connectivity index is 2.03. The molecule has 1 fully saturated rings. The molecule has 1 saturated heterocycles. The third kappa shape index (κ3) is 5.22. The van der Waals surface area contributed by atoms with Crippen molar-refractivity contribution < 1.29 is 13.2 Å². The number of carbonyl (C=O) groups excluding carboxylic acids is 1. The highest BCUT2D eigenvalue weighted by Crippen LogP contribution is 2.31. The number of hydrogen-bond donors (Lipinski definition) is 1. The van der Waals surface area contributed by atoms with Crippen LogP contribution in [0.1, 0.15) is 44.0 Å². The van der Waals surface area contributed by atoms with E-state index in [9.17, 15) is 13.2 Å². The van der Waals surface area contributed by atoms with Crippen LogP contribution in [0.3, 0.4) is 0 Å². The Hall–Kier alpha value is -2.09. The summed E-state index contributed by atoms with van der Waals surface area (Å²) < 4.78 is 27.5. The molecule has 1 heterocycles. The van der Waals surface area contributed by atoms with Crippen LogP contribution in [-0.2, 0) is 10.0 Å². The second-order valence-electron chi connectivity index (χ2n) is 7.87. The molecular formula is C23H30ClN3O3S. The monoisotopic (exact) mass is 463 g/mol. The van der Waals surface area contributed by atoms with Gasteiger partial charge in [-0.25, -0.2) is 8.42 Å². The maximum absolute atomic E-state index is 13.3. The molecule has 0 bridgehead atoms. The van der Waals surface area contributed by atoms with Gasteiger partial charge in [-0.15, -0.1) is 0 Å². The summed E-state index contributed by atoms with van der Waals surface area (Å²) in [5.41, 5.74) is 1.57. The number of nitrogens with zero attached hydrogens (tertiary/aromatic N) is 2. The van der Waals surface area contributed by atoms with Crippen molar-refractivity contribution in [3.63, 3.8) is 0 Å². The highest BCUT2D eigenvalue weighted by molar-refractivity contribution is 7.89. The van der Waals surface area contributed by atoms with Crippen LogP contribution < -0.4 is 10.2 Å². The molecule has 1 aliphatic rings.